The van der Waals surface area contributed by atoms with Crippen molar-refractivity contribution in [1.29, 1.82) is 0 Å². The third-order valence-electron chi connectivity index (χ3n) is 4.41. The van der Waals surface area contributed by atoms with Crippen LogP contribution in [0, 0.1) is 5.92 Å². The van der Waals surface area contributed by atoms with Gasteiger partial charge >= 0.3 is 11.9 Å². The van der Waals surface area contributed by atoms with Crippen LogP contribution in [0.1, 0.15) is 23.1 Å². The number of esters is 1. The van der Waals surface area contributed by atoms with Crippen molar-refractivity contribution in [3.05, 3.63) is 59.2 Å². The zero-order chi connectivity index (χ0) is 18.7. The van der Waals surface area contributed by atoms with E-state index in [0.29, 0.717) is 6.42 Å². The second kappa shape index (κ2) is 7.37. The minimum absolute atomic E-state index is 0.0828. The van der Waals surface area contributed by atoms with Gasteiger partial charge in [-0.2, -0.15) is 0 Å². The summed E-state index contributed by atoms with van der Waals surface area (Å²) in [5, 5.41) is 17.6. The Morgan fingerprint density at radius 3 is 2.54 bits per heavy atom. The van der Waals surface area contributed by atoms with Crippen LogP contribution in [0.25, 0.3) is 11.1 Å². The SMILES string of the molecule is O=C(CC(C(=O)O)C(=O)OCc1cccc2c1Cc1ccccc1-2)NO. The molecule has 1 aliphatic rings. The summed E-state index contributed by atoms with van der Waals surface area (Å²) in [4.78, 5) is 34.4. The maximum atomic E-state index is 12.1. The maximum Gasteiger partial charge on any atom is 0.321 e. The molecule has 134 valence electrons. The van der Waals surface area contributed by atoms with Gasteiger partial charge in [-0.05, 0) is 34.2 Å². The van der Waals surface area contributed by atoms with Crippen molar-refractivity contribution >= 4 is 17.8 Å². The minimum Gasteiger partial charge on any atom is -0.481 e. The number of amides is 1. The second-order valence-corrected chi connectivity index (χ2v) is 6.01. The lowest BCUT2D eigenvalue weighted by Crippen LogP contribution is -2.32. The molecule has 3 rings (SSSR count). The zero-order valence-electron chi connectivity index (χ0n) is 13.8. The smallest absolute Gasteiger partial charge is 0.321 e. The number of nitrogens with one attached hydrogen (secondary N) is 1. The van der Waals surface area contributed by atoms with Crippen LogP contribution >= 0.6 is 0 Å². The van der Waals surface area contributed by atoms with Crippen LogP contribution in [0.2, 0.25) is 0 Å². The van der Waals surface area contributed by atoms with E-state index in [1.807, 2.05) is 42.5 Å². The van der Waals surface area contributed by atoms with Gasteiger partial charge in [-0.15, -0.1) is 0 Å². The van der Waals surface area contributed by atoms with Crippen molar-refractivity contribution in [1.82, 2.24) is 5.48 Å². The van der Waals surface area contributed by atoms with E-state index in [9.17, 15) is 14.4 Å². The van der Waals surface area contributed by atoms with Crippen LogP contribution in [-0.4, -0.2) is 28.2 Å². The molecule has 2 aromatic rings. The van der Waals surface area contributed by atoms with Gasteiger partial charge in [0.15, 0.2) is 5.92 Å². The molecule has 0 spiro atoms. The van der Waals surface area contributed by atoms with Gasteiger partial charge < -0.3 is 9.84 Å². The fourth-order valence-electron chi connectivity index (χ4n) is 3.11. The number of carbonyl (C=O) groups is 3. The zero-order valence-corrected chi connectivity index (χ0v) is 13.8. The average molecular weight is 355 g/mol. The summed E-state index contributed by atoms with van der Waals surface area (Å²) < 4.78 is 5.14. The predicted octanol–water partition coefficient (Wildman–Crippen LogP) is 1.90. The first-order valence-electron chi connectivity index (χ1n) is 8.02. The number of aliphatic carboxylic acids is 1. The summed E-state index contributed by atoms with van der Waals surface area (Å²) in [7, 11) is 0. The number of ether oxygens (including phenoxy) is 1. The van der Waals surface area contributed by atoms with E-state index >= 15 is 0 Å². The number of rotatable bonds is 6. The highest BCUT2D eigenvalue weighted by Crippen LogP contribution is 2.38. The lowest BCUT2D eigenvalue weighted by Gasteiger charge is -2.13. The number of fused-ring (bicyclic) bond motifs is 3. The number of hydrogen-bond donors (Lipinski definition) is 3. The number of hydroxylamine groups is 1. The van der Waals surface area contributed by atoms with Crippen LogP contribution in [0.3, 0.4) is 0 Å². The van der Waals surface area contributed by atoms with Gasteiger partial charge in [-0.3, -0.25) is 19.6 Å². The van der Waals surface area contributed by atoms with Crippen molar-refractivity contribution in [2.45, 2.75) is 19.4 Å². The highest BCUT2D eigenvalue weighted by molar-refractivity contribution is 5.97. The Labute approximate surface area is 149 Å². The van der Waals surface area contributed by atoms with Crippen molar-refractivity contribution in [2.75, 3.05) is 0 Å². The van der Waals surface area contributed by atoms with E-state index in [1.165, 1.54) is 11.0 Å². The number of carbonyl (C=O) groups excluding carboxylic acids is 2. The molecular formula is C19H17NO6. The topological polar surface area (TPSA) is 113 Å². The monoisotopic (exact) mass is 355 g/mol. The molecule has 2 aromatic carbocycles. The van der Waals surface area contributed by atoms with Crippen molar-refractivity contribution in [3.63, 3.8) is 0 Å². The summed E-state index contributed by atoms with van der Waals surface area (Å²) in [6, 6.07) is 13.7. The molecule has 0 radical (unpaired) electrons. The first kappa shape index (κ1) is 17.6. The molecule has 1 aliphatic carbocycles. The molecule has 26 heavy (non-hydrogen) atoms. The molecule has 7 nitrogen and oxygen atoms in total. The standard InChI is InChI=1S/C19H17NO6/c21-17(20-25)9-16(18(22)23)19(24)26-10-12-5-3-7-14-13-6-2-1-4-11(13)8-15(12)14/h1-7,16,25H,8-10H2,(H,20,21)(H,22,23). The van der Waals surface area contributed by atoms with Gasteiger partial charge in [-0.25, -0.2) is 5.48 Å². The first-order valence-corrected chi connectivity index (χ1v) is 8.02. The summed E-state index contributed by atoms with van der Waals surface area (Å²) in [5.41, 5.74) is 6.55. The Hall–Kier alpha value is -3.19. The Balaban J connectivity index is 1.74. The number of benzene rings is 2. The molecule has 1 amide bonds. The molecule has 0 saturated carbocycles. The Kier molecular flexibility index (Phi) is 4.99. The van der Waals surface area contributed by atoms with E-state index in [0.717, 1.165) is 22.3 Å². The van der Waals surface area contributed by atoms with Gasteiger partial charge in [0.1, 0.15) is 6.61 Å². The summed E-state index contributed by atoms with van der Waals surface area (Å²) >= 11 is 0. The molecular weight excluding hydrogens is 338 g/mol. The van der Waals surface area contributed by atoms with Crippen molar-refractivity contribution in [3.8, 4) is 11.1 Å². The van der Waals surface area contributed by atoms with Gasteiger partial charge in [0.2, 0.25) is 5.91 Å². The molecule has 1 atom stereocenters. The van der Waals surface area contributed by atoms with Crippen molar-refractivity contribution < 1.29 is 29.4 Å². The Bertz CT molecular complexity index is 876. The van der Waals surface area contributed by atoms with Gasteiger partial charge in [0.05, 0.1) is 6.42 Å². The molecule has 7 heteroatoms. The van der Waals surface area contributed by atoms with E-state index in [4.69, 9.17) is 15.1 Å². The summed E-state index contributed by atoms with van der Waals surface area (Å²) in [6.45, 7) is -0.0828. The lowest BCUT2D eigenvalue weighted by atomic mass is 10.0. The van der Waals surface area contributed by atoms with Gasteiger partial charge in [0.25, 0.3) is 0 Å². The van der Waals surface area contributed by atoms with E-state index < -0.39 is 30.2 Å². The average Bonchev–Trinajstić information content (AvgIpc) is 3.03. The molecule has 0 bridgehead atoms. The second-order valence-electron chi connectivity index (χ2n) is 6.01. The van der Waals surface area contributed by atoms with Crippen LogP contribution in [-0.2, 0) is 32.1 Å². The normalized spacial score (nSPS) is 12.7. The Morgan fingerprint density at radius 2 is 1.81 bits per heavy atom. The van der Waals surface area contributed by atoms with E-state index in [1.54, 1.807) is 0 Å². The highest BCUT2D eigenvalue weighted by atomic mass is 16.5. The van der Waals surface area contributed by atoms with Crippen LogP contribution in [0.15, 0.2) is 42.5 Å². The van der Waals surface area contributed by atoms with Gasteiger partial charge in [0, 0.05) is 0 Å². The third-order valence-corrected chi connectivity index (χ3v) is 4.41. The lowest BCUT2D eigenvalue weighted by molar-refractivity contribution is -0.162. The van der Waals surface area contributed by atoms with Crippen LogP contribution in [0.4, 0.5) is 0 Å². The molecule has 0 aromatic heterocycles. The van der Waals surface area contributed by atoms with Crippen LogP contribution < -0.4 is 5.48 Å². The largest absolute Gasteiger partial charge is 0.481 e. The number of hydrogen-bond acceptors (Lipinski definition) is 5. The summed E-state index contributed by atoms with van der Waals surface area (Å²) in [5.74, 6) is -5.14. The quantitative estimate of drug-likeness (QED) is 0.269. The summed E-state index contributed by atoms with van der Waals surface area (Å²) in [6.07, 6.45) is 0.0253. The fourth-order valence-corrected chi connectivity index (χ4v) is 3.11. The number of carboxylic acids is 1. The fraction of sp³-hybridized carbons (Fsp3) is 0.211. The van der Waals surface area contributed by atoms with Crippen molar-refractivity contribution in [2.24, 2.45) is 5.92 Å². The Morgan fingerprint density at radius 1 is 1.08 bits per heavy atom. The molecule has 0 heterocycles. The van der Waals surface area contributed by atoms with Gasteiger partial charge in [-0.1, -0.05) is 42.5 Å². The minimum atomic E-state index is -1.67. The highest BCUT2D eigenvalue weighted by Gasteiger charge is 2.31. The maximum absolute atomic E-state index is 12.1. The third kappa shape index (κ3) is 3.43. The first-order chi connectivity index (χ1) is 12.5. The molecule has 0 aliphatic heterocycles. The number of carboxylic acid groups (broad SMARTS) is 1. The van der Waals surface area contributed by atoms with E-state index in [2.05, 4.69) is 0 Å². The van der Waals surface area contributed by atoms with E-state index in [-0.39, 0.29) is 6.61 Å². The molecule has 3 N–H and O–H groups in total. The van der Waals surface area contributed by atoms with Crippen LogP contribution in [0.5, 0.6) is 0 Å². The molecule has 0 fully saturated rings. The molecule has 0 saturated heterocycles. The molecule has 1 unspecified atom stereocenters. The predicted molar refractivity (Wildman–Crippen MR) is 90.2 cm³/mol.